The summed E-state index contributed by atoms with van der Waals surface area (Å²) in [5, 5.41) is 4.46. The van der Waals surface area contributed by atoms with E-state index in [1.165, 1.54) is 0 Å². The minimum atomic E-state index is -1.69. The summed E-state index contributed by atoms with van der Waals surface area (Å²) < 4.78 is 44.6. The summed E-state index contributed by atoms with van der Waals surface area (Å²) in [5.41, 5.74) is -0.517. The Labute approximate surface area is 160 Å². The van der Waals surface area contributed by atoms with Gasteiger partial charge in [-0.25, -0.2) is 13.2 Å². The van der Waals surface area contributed by atoms with E-state index in [0.29, 0.717) is 25.6 Å². The zero-order valence-corrected chi connectivity index (χ0v) is 15.4. The number of ether oxygens (including phenoxy) is 1. The van der Waals surface area contributed by atoms with Gasteiger partial charge in [0.2, 0.25) is 5.91 Å². The molecule has 1 aromatic rings. The summed E-state index contributed by atoms with van der Waals surface area (Å²) in [5.74, 6) is -6.29. The molecule has 2 atom stereocenters. The molecular formula is C18H23F3N3O4+. The Bertz CT molecular complexity index is 745. The molecule has 0 spiro atoms. The minimum Gasteiger partial charge on any atom is -0.466 e. The standard InChI is InChI=1S/C18H22F3N3O4/c1-2-28-18(27)11-4-3-7-24(9-11)10-15(26)22-8-14(25)23-13-6-5-12(19)16(20)17(13)21/h5-6,11H,2-4,7-10H2,1H3,(H,22,26)(H,23,25)/p+1/t11-/m1/s1. The van der Waals surface area contributed by atoms with Crippen LogP contribution in [0.3, 0.4) is 0 Å². The normalized spacial score (nSPS) is 19.0. The van der Waals surface area contributed by atoms with Gasteiger partial charge in [-0.1, -0.05) is 0 Å². The fraction of sp³-hybridized carbons (Fsp3) is 0.500. The molecule has 10 heteroatoms. The Morgan fingerprint density at radius 2 is 1.93 bits per heavy atom. The van der Waals surface area contributed by atoms with Gasteiger partial charge < -0.3 is 20.3 Å². The molecule has 0 aliphatic carbocycles. The summed E-state index contributed by atoms with van der Waals surface area (Å²) in [7, 11) is 0. The third-order valence-electron chi connectivity index (χ3n) is 4.40. The molecule has 1 saturated heterocycles. The third-order valence-corrected chi connectivity index (χ3v) is 4.40. The van der Waals surface area contributed by atoms with Gasteiger partial charge >= 0.3 is 5.97 Å². The molecule has 0 aromatic heterocycles. The first-order valence-corrected chi connectivity index (χ1v) is 9.02. The molecule has 1 heterocycles. The molecule has 0 radical (unpaired) electrons. The summed E-state index contributed by atoms with van der Waals surface area (Å²) in [4.78, 5) is 36.5. The number of hydrogen-bond acceptors (Lipinski definition) is 4. The molecule has 3 N–H and O–H groups in total. The molecule has 0 saturated carbocycles. The van der Waals surface area contributed by atoms with Gasteiger partial charge in [0, 0.05) is 0 Å². The topological polar surface area (TPSA) is 88.9 Å². The Balaban J connectivity index is 1.78. The van der Waals surface area contributed by atoms with E-state index < -0.39 is 41.5 Å². The summed E-state index contributed by atoms with van der Waals surface area (Å²) in [6.45, 7) is 2.84. The van der Waals surface area contributed by atoms with Crippen molar-refractivity contribution in [1.82, 2.24) is 5.32 Å². The van der Waals surface area contributed by atoms with Gasteiger partial charge in [-0.15, -0.1) is 0 Å². The van der Waals surface area contributed by atoms with Gasteiger partial charge in [-0.3, -0.25) is 14.4 Å². The number of quaternary nitrogens is 1. The number of esters is 1. The molecule has 0 bridgehead atoms. The van der Waals surface area contributed by atoms with Crippen molar-refractivity contribution in [2.24, 2.45) is 5.92 Å². The number of piperidine rings is 1. The summed E-state index contributed by atoms with van der Waals surface area (Å²) in [6.07, 6.45) is 1.49. The fourth-order valence-electron chi connectivity index (χ4n) is 3.06. The second-order valence-corrected chi connectivity index (χ2v) is 6.52. The van der Waals surface area contributed by atoms with Crippen molar-refractivity contribution in [3.8, 4) is 0 Å². The van der Waals surface area contributed by atoms with Gasteiger partial charge in [0.15, 0.2) is 24.0 Å². The maximum absolute atomic E-state index is 13.5. The van der Waals surface area contributed by atoms with Gasteiger partial charge in [-0.2, -0.15) is 0 Å². The number of nitrogens with one attached hydrogen (secondary N) is 3. The molecule has 2 amide bonds. The lowest BCUT2D eigenvalue weighted by atomic mass is 9.98. The van der Waals surface area contributed by atoms with E-state index in [1.807, 2.05) is 0 Å². The number of benzene rings is 1. The first kappa shape index (κ1) is 21.7. The molecule has 28 heavy (non-hydrogen) atoms. The zero-order chi connectivity index (χ0) is 20.7. The van der Waals surface area contributed by atoms with Crippen LogP contribution in [-0.2, 0) is 19.1 Å². The highest BCUT2D eigenvalue weighted by atomic mass is 19.2. The number of rotatable bonds is 7. The van der Waals surface area contributed by atoms with Gasteiger partial charge in [0.05, 0.1) is 31.9 Å². The first-order chi connectivity index (χ1) is 13.3. The van der Waals surface area contributed by atoms with Crippen molar-refractivity contribution in [3.05, 3.63) is 29.6 Å². The highest BCUT2D eigenvalue weighted by Gasteiger charge is 2.30. The summed E-state index contributed by atoms with van der Waals surface area (Å²) >= 11 is 0. The highest BCUT2D eigenvalue weighted by Crippen LogP contribution is 2.19. The molecule has 1 fully saturated rings. The number of halogens is 3. The maximum atomic E-state index is 13.5. The number of likely N-dealkylation sites (tertiary alicyclic amines) is 1. The number of hydrogen-bond donors (Lipinski definition) is 3. The van der Waals surface area contributed by atoms with Crippen LogP contribution in [0, 0.1) is 23.4 Å². The van der Waals surface area contributed by atoms with Crippen LogP contribution >= 0.6 is 0 Å². The SMILES string of the molecule is CCOC(=O)[C@@H]1CCC[NH+](CC(=O)NCC(=O)Nc2ccc(F)c(F)c2F)C1. The van der Waals surface area contributed by atoms with E-state index in [1.54, 1.807) is 6.92 Å². The van der Waals surface area contributed by atoms with Crippen LogP contribution in [0.1, 0.15) is 19.8 Å². The molecule has 7 nitrogen and oxygen atoms in total. The van der Waals surface area contributed by atoms with Gasteiger partial charge in [0.1, 0.15) is 5.92 Å². The summed E-state index contributed by atoms with van der Waals surface area (Å²) in [6, 6.07) is 1.58. The van der Waals surface area contributed by atoms with E-state index in [4.69, 9.17) is 4.74 Å². The van der Waals surface area contributed by atoms with E-state index in [-0.39, 0.29) is 18.4 Å². The molecule has 1 aliphatic rings. The van der Waals surface area contributed by atoms with Crippen molar-refractivity contribution in [1.29, 1.82) is 0 Å². The Kier molecular flexibility index (Phi) is 7.80. The predicted molar refractivity (Wildman–Crippen MR) is 92.9 cm³/mol. The molecule has 1 aliphatic heterocycles. The van der Waals surface area contributed by atoms with Crippen LogP contribution in [0.15, 0.2) is 12.1 Å². The smallest absolute Gasteiger partial charge is 0.314 e. The Morgan fingerprint density at radius 1 is 1.18 bits per heavy atom. The van der Waals surface area contributed by atoms with E-state index >= 15 is 0 Å². The second-order valence-electron chi connectivity index (χ2n) is 6.52. The van der Waals surface area contributed by atoms with Crippen LogP contribution < -0.4 is 15.5 Å². The van der Waals surface area contributed by atoms with Crippen LogP contribution in [0.5, 0.6) is 0 Å². The second kappa shape index (κ2) is 10.1. The average molecular weight is 402 g/mol. The monoisotopic (exact) mass is 402 g/mol. The number of carbonyl (C=O) groups excluding carboxylic acids is 3. The van der Waals surface area contributed by atoms with Crippen LogP contribution in [0.4, 0.5) is 18.9 Å². The third kappa shape index (κ3) is 5.95. The lowest BCUT2D eigenvalue weighted by molar-refractivity contribution is -0.899. The van der Waals surface area contributed by atoms with Crippen molar-refractivity contribution in [2.45, 2.75) is 19.8 Å². The molecule has 1 unspecified atom stereocenters. The molecule has 1 aromatic carbocycles. The largest absolute Gasteiger partial charge is 0.466 e. The number of amides is 2. The quantitative estimate of drug-likeness (QED) is 0.443. The fourth-order valence-corrected chi connectivity index (χ4v) is 3.06. The lowest BCUT2D eigenvalue weighted by Gasteiger charge is -2.28. The molecular weight excluding hydrogens is 379 g/mol. The minimum absolute atomic E-state index is 0.0721. The predicted octanol–water partition coefficient (Wildman–Crippen LogP) is 0.0166. The Hall–Kier alpha value is -2.62. The first-order valence-electron chi connectivity index (χ1n) is 9.02. The maximum Gasteiger partial charge on any atom is 0.314 e. The van der Waals surface area contributed by atoms with Crippen molar-refractivity contribution in [2.75, 3.05) is 38.1 Å². The van der Waals surface area contributed by atoms with Crippen LogP contribution in [-0.4, -0.2) is 50.6 Å². The van der Waals surface area contributed by atoms with Crippen molar-refractivity contribution in [3.63, 3.8) is 0 Å². The average Bonchev–Trinajstić information content (AvgIpc) is 2.67. The van der Waals surface area contributed by atoms with Crippen LogP contribution in [0.2, 0.25) is 0 Å². The lowest BCUT2D eigenvalue weighted by Crippen LogP contribution is -3.14. The molecule has 2 rings (SSSR count). The zero-order valence-electron chi connectivity index (χ0n) is 15.4. The van der Waals surface area contributed by atoms with Gasteiger partial charge in [0.25, 0.3) is 5.91 Å². The van der Waals surface area contributed by atoms with E-state index in [2.05, 4.69) is 10.6 Å². The van der Waals surface area contributed by atoms with Crippen molar-refractivity contribution < 1.29 is 37.2 Å². The van der Waals surface area contributed by atoms with E-state index in [9.17, 15) is 27.6 Å². The van der Waals surface area contributed by atoms with Crippen LogP contribution in [0.25, 0.3) is 0 Å². The van der Waals surface area contributed by atoms with Gasteiger partial charge in [-0.05, 0) is 31.9 Å². The number of anilines is 1. The van der Waals surface area contributed by atoms with E-state index in [0.717, 1.165) is 23.9 Å². The number of carbonyl (C=O) groups is 3. The van der Waals surface area contributed by atoms with Crippen molar-refractivity contribution >= 4 is 23.5 Å². The Morgan fingerprint density at radius 3 is 2.64 bits per heavy atom. The highest BCUT2D eigenvalue weighted by molar-refractivity contribution is 5.94. The molecule has 154 valence electrons.